The highest BCUT2D eigenvalue weighted by molar-refractivity contribution is 7.99. The molecule has 1 aliphatic carbocycles. The fraction of sp³-hybridized carbons (Fsp3) is 0.292. The summed E-state index contributed by atoms with van der Waals surface area (Å²) in [5.41, 5.74) is 1.14. The van der Waals surface area contributed by atoms with E-state index in [1.165, 1.54) is 27.4 Å². The highest BCUT2D eigenvalue weighted by Gasteiger charge is 2.30. The molecule has 5 rings (SSSR count). The Bertz CT molecular complexity index is 1190. The van der Waals surface area contributed by atoms with E-state index in [2.05, 4.69) is 61.9 Å². The van der Waals surface area contributed by atoms with Gasteiger partial charge in [-0.1, -0.05) is 60.3 Å². The van der Waals surface area contributed by atoms with Crippen molar-refractivity contribution in [2.75, 3.05) is 5.75 Å². The van der Waals surface area contributed by atoms with Crippen molar-refractivity contribution in [2.24, 2.45) is 0 Å². The molecule has 0 bridgehead atoms. The molecular formula is C24H24N4OS2. The molecule has 2 aromatic heterocycles. The maximum Gasteiger partial charge on any atom is 0.230 e. The lowest BCUT2D eigenvalue weighted by Crippen LogP contribution is -2.28. The number of hydrogen-bond acceptors (Lipinski definition) is 5. The summed E-state index contributed by atoms with van der Waals surface area (Å²) in [6, 6.07) is 19.1. The molecule has 1 amide bonds. The highest BCUT2D eigenvalue weighted by atomic mass is 32.2. The van der Waals surface area contributed by atoms with Gasteiger partial charge in [-0.15, -0.1) is 21.5 Å². The molecule has 2 aromatic carbocycles. The van der Waals surface area contributed by atoms with Gasteiger partial charge in [-0.05, 0) is 47.5 Å². The normalized spacial score (nSPS) is 14.6. The molecule has 1 fully saturated rings. The van der Waals surface area contributed by atoms with Crippen LogP contribution in [0.3, 0.4) is 0 Å². The van der Waals surface area contributed by atoms with Crippen LogP contribution in [0.15, 0.2) is 65.1 Å². The van der Waals surface area contributed by atoms with Gasteiger partial charge in [0.05, 0.1) is 11.8 Å². The summed E-state index contributed by atoms with van der Waals surface area (Å²) in [6.07, 6.45) is 3.12. The predicted octanol–water partition coefficient (Wildman–Crippen LogP) is 5.39. The second kappa shape index (κ2) is 8.85. The fourth-order valence-electron chi connectivity index (χ4n) is 3.91. The smallest absolute Gasteiger partial charge is 0.230 e. The number of carbonyl (C=O) groups is 1. The van der Waals surface area contributed by atoms with Crippen molar-refractivity contribution in [3.63, 3.8) is 0 Å². The molecule has 0 aliphatic heterocycles. The molecule has 158 valence electrons. The van der Waals surface area contributed by atoms with Crippen molar-refractivity contribution in [2.45, 2.75) is 43.4 Å². The molecule has 1 unspecified atom stereocenters. The van der Waals surface area contributed by atoms with Crippen LogP contribution < -0.4 is 5.32 Å². The van der Waals surface area contributed by atoms with Crippen molar-refractivity contribution in [1.82, 2.24) is 20.1 Å². The van der Waals surface area contributed by atoms with E-state index in [1.807, 2.05) is 25.1 Å². The molecule has 31 heavy (non-hydrogen) atoms. The fourth-order valence-corrected chi connectivity index (χ4v) is 5.45. The van der Waals surface area contributed by atoms with Crippen LogP contribution in [-0.2, 0) is 11.2 Å². The van der Waals surface area contributed by atoms with Crippen molar-refractivity contribution in [3.8, 4) is 0 Å². The van der Waals surface area contributed by atoms with E-state index in [9.17, 15) is 4.79 Å². The van der Waals surface area contributed by atoms with Crippen LogP contribution in [0.2, 0.25) is 0 Å². The quantitative estimate of drug-likeness (QED) is 0.367. The van der Waals surface area contributed by atoms with Crippen molar-refractivity contribution in [1.29, 1.82) is 0 Å². The molecule has 0 radical (unpaired) electrons. The molecule has 0 spiro atoms. The first-order valence-electron chi connectivity index (χ1n) is 10.5. The number of rotatable bonds is 8. The Morgan fingerprint density at radius 1 is 1.16 bits per heavy atom. The Labute approximate surface area is 189 Å². The van der Waals surface area contributed by atoms with Crippen LogP contribution >= 0.6 is 23.1 Å². The summed E-state index contributed by atoms with van der Waals surface area (Å²) < 4.78 is 2.24. The number of nitrogens with zero attached hydrogens (tertiary/aromatic N) is 3. The monoisotopic (exact) mass is 448 g/mol. The van der Waals surface area contributed by atoms with E-state index in [-0.39, 0.29) is 11.9 Å². The van der Waals surface area contributed by atoms with Gasteiger partial charge in [0, 0.05) is 17.3 Å². The molecule has 4 aromatic rings. The van der Waals surface area contributed by atoms with Crippen LogP contribution in [0.25, 0.3) is 10.8 Å². The van der Waals surface area contributed by atoms with Gasteiger partial charge in [-0.25, -0.2) is 0 Å². The maximum absolute atomic E-state index is 12.7. The average molecular weight is 449 g/mol. The van der Waals surface area contributed by atoms with Gasteiger partial charge in [0.1, 0.15) is 5.82 Å². The van der Waals surface area contributed by atoms with Gasteiger partial charge in [0.15, 0.2) is 5.16 Å². The molecule has 2 heterocycles. The van der Waals surface area contributed by atoms with Crippen LogP contribution in [-0.4, -0.2) is 26.4 Å². The molecule has 1 atom stereocenters. The van der Waals surface area contributed by atoms with Crippen LogP contribution in [0.1, 0.15) is 48.1 Å². The largest absolute Gasteiger partial charge is 0.349 e. The third-order valence-electron chi connectivity index (χ3n) is 5.56. The molecular weight excluding hydrogens is 424 g/mol. The predicted molar refractivity (Wildman–Crippen MR) is 127 cm³/mol. The van der Waals surface area contributed by atoms with Gasteiger partial charge < -0.3 is 9.88 Å². The lowest BCUT2D eigenvalue weighted by atomic mass is 10.00. The first kappa shape index (κ1) is 20.3. The Balaban J connectivity index is 1.25. The number of carbonyl (C=O) groups excluding carboxylic acids is 1. The Morgan fingerprint density at radius 2 is 2.00 bits per heavy atom. The van der Waals surface area contributed by atoms with Crippen LogP contribution in [0.5, 0.6) is 0 Å². The number of aromatic nitrogens is 3. The highest BCUT2D eigenvalue weighted by Crippen LogP contribution is 2.39. The van der Waals surface area contributed by atoms with E-state index in [0.29, 0.717) is 11.8 Å². The van der Waals surface area contributed by atoms with E-state index >= 15 is 0 Å². The van der Waals surface area contributed by atoms with Crippen LogP contribution in [0.4, 0.5) is 0 Å². The Morgan fingerprint density at radius 3 is 2.81 bits per heavy atom. The number of hydrogen-bond donors (Lipinski definition) is 1. The van der Waals surface area contributed by atoms with Gasteiger partial charge in [0.25, 0.3) is 0 Å². The van der Waals surface area contributed by atoms with Gasteiger partial charge in [-0.3, -0.25) is 4.79 Å². The minimum Gasteiger partial charge on any atom is -0.349 e. The number of benzene rings is 2. The molecule has 1 aliphatic rings. The number of fused-ring (bicyclic) bond motifs is 1. The molecule has 0 saturated heterocycles. The third kappa shape index (κ3) is 4.52. The van der Waals surface area contributed by atoms with Gasteiger partial charge in [-0.2, -0.15) is 0 Å². The SMILES string of the molecule is CC(NC(=O)CSc1nnc(Cc2cccs2)n1C1CC1)c1cccc2ccccc12. The minimum atomic E-state index is -0.0603. The lowest BCUT2D eigenvalue weighted by molar-refractivity contribution is -0.119. The number of thioether (sulfide) groups is 1. The Hall–Kier alpha value is -2.64. The van der Waals surface area contributed by atoms with Crippen molar-refractivity contribution < 1.29 is 4.79 Å². The first-order chi connectivity index (χ1) is 15.2. The second-order valence-corrected chi connectivity index (χ2v) is 9.88. The zero-order valence-corrected chi connectivity index (χ0v) is 19.0. The summed E-state index contributed by atoms with van der Waals surface area (Å²) in [7, 11) is 0. The Kier molecular flexibility index (Phi) is 5.78. The standard InChI is InChI=1S/C24H24N4OS2/c1-16(20-10-4-7-17-6-2-3-9-21(17)20)25-23(29)15-31-24-27-26-22(28(24)18-11-12-18)14-19-8-5-13-30-19/h2-10,13,16,18H,11-12,14-15H2,1H3,(H,25,29). The maximum atomic E-state index is 12.7. The zero-order valence-electron chi connectivity index (χ0n) is 17.3. The molecule has 1 N–H and O–H groups in total. The summed E-state index contributed by atoms with van der Waals surface area (Å²) in [4.78, 5) is 14.0. The van der Waals surface area contributed by atoms with Crippen LogP contribution in [0, 0.1) is 0 Å². The second-order valence-electron chi connectivity index (χ2n) is 7.90. The number of nitrogens with one attached hydrogen (secondary N) is 1. The minimum absolute atomic E-state index is 0.00980. The topological polar surface area (TPSA) is 59.8 Å². The molecule has 7 heteroatoms. The molecule has 5 nitrogen and oxygen atoms in total. The molecule has 1 saturated carbocycles. The average Bonchev–Trinajstić information content (AvgIpc) is 3.33. The first-order valence-corrected chi connectivity index (χ1v) is 12.4. The number of amides is 1. The lowest BCUT2D eigenvalue weighted by Gasteiger charge is -2.16. The third-order valence-corrected chi connectivity index (χ3v) is 7.38. The summed E-state index contributed by atoms with van der Waals surface area (Å²) in [5, 5.41) is 17.3. The van der Waals surface area contributed by atoms with E-state index in [1.54, 1.807) is 11.3 Å². The van der Waals surface area contributed by atoms with Gasteiger partial charge >= 0.3 is 0 Å². The summed E-state index contributed by atoms with van der Waals surface area (Å²) in [6.45, 7) is 2.04. The summed E-state index contributed by atoms with van der Waals surface area (Å²) in [5.74, 6) is 1.34. The van der Waals surface area contributed by atoms with E-state index < -0.39 is 0 Å². The summed E-state index contributed by atoms with van der Waals surface area (Å²) >= 11 is 3.22. The van der Waals surface area contributed by atoms with Gasteiger partial charge in [0.2, 0.25) is 5.91 Å². The van der Waals surface area contributed by atoms with Crippen molar-refractivity contribution in [3.05, 3.63) is 76.2 Å². The zero-order chi connectivity index (χ0) is 21.2. The van der Waals surface area contributed by atoms with E-state index in [4.69, 9.17) is 0 Å². The van der Waals surface area contributed by atoms with E-state index in [0.717, 1.165) is 35.8 Å². The van der Waals surface area contributed by atoms with Crippen molar-refractivity contribution >= 4 is 39.8 Å². The number of thiophene rings is 1.